The van der Waals surface area contributed by atoms with E-state index >= 15 is 0 Å². The highest BCUT2D eigenvalue weighted by Crippen LogP contribution is 2.26. The third-order valence-electron chi connectivity index (χ3n) is 4.22. The normalized spacial score (nSPS) is 23.7. The van der Waals surface area contributed by atoms with E-state index in [1.54, 1.807) is 0 Å². The molecule has 2 N–H and O–H groups in total. The average Bonchev–Trinajstić information content (AvgIpc) is 2.54. The van der Waals surface area contributed by atoms with Crippen LogP contribution in [-0.2, 0) is 0 Å². The smallest absolute Gasteiger partial charge is 0.0579 e. The monoisotopic (exact) mass is 282 g/mol. The van der Waals surface area contributed by atoms with Gasteiger partial charge in [0.05, 0.1) is 12.1 Å². The molecule has 3 nitrogen and oxygen atoms in total. The van der Waals surface area contributed by atoms with Gasteiger partial charge in [0.1, 0.15) is 0 Å². The summed E-state index contributed by atoms with van der Waals surface area (Å²) in [6.07, 6.45) is 7.51. The van der Waals surface area contributed by atoms with Gasteiger partial charge in [-0.1, -0.05) is 30.3 Å². The first-order valence-electron chi connectivity index (χ1n) is 7.72. The molecule has 21 heavy (non-hydrogen) atoms. The van der Waals surface area contributed by atoms with Crippen LogP contribution in [0.4, 0.5) is 0 Å². The number of aliphatic hydroxyl groups is 1. The topological polar surface area (TPSA) is 45.1 Å². The van der Waals surface area contributed by atoms with E-state index in [-0.39, 0.29) is 12.1 Å². The van der Waals surface area contributed by atoms with E-state index in [0.717, 1.165) is 25.7 Å². The Morgan fingerprint density at radius 3 is 2.43 bits per heavy atom. The second kappa shape index (κ2) is 6.83. The summed E-state index contributed by atoms with van der Waals surface area (Å²) < 4.78 is 0. The van der Waals surface area contributed by atoms with Crippen molar-refractivity contribution in [2.24, 2.45) is 0 Å². The van der Waals surface area contributed by atoms with Crippen LogP contribution in [0.2, 0.25) is 0 Å². The van der Waals surface area contributed by atoms with E-state index in [2.05, 4.69) is 46.7 Å². The standard InChI is InChI=1S/C18H22N2O/c21-17-8-4-7-16(13-17)20-18(14-5-2-1-3-6-14)15-9-11-19-12-10-15/h1-3,5-6,9-12,16-18,20-21H,4,7-8,13H2. The summed E-state index contributed by atoms with van der Waals surface area (Å²) in [5.41, 5.74) is 2.47. The van der Waals surface area contributed by atoms with Crippen molar-refractivity contribution in [3.05, 3.63) is 66.0 Å². The van der Waals surface area contributed by atoms with E-state index in [1.165, 1.54) is 11.1 Å². The van der Waals surface area contributed by atoms with Crippen LogP contribution >= 0.6 is 0 Å². The lowest BCUT2D eigenvalue weighted by atomic mass is 9.90. The predicted molar refractivity (Wildman–Crippen MR) is 83.9 cm³/mol. The molecule has 0 bridgehead atoms. The molecule has 1 aromatic carbocycles. The predicted octanol–water partition coefficient (Wildman–Crippen LogP) is 3.06. The lowest BCUT2D eigenvalue weighted by molar-refractivity contribution is 0.110. The van der Waals surface area contributed by atoms with Gasteiger partial charge in [0, 0.05) is 18.4 Å². The van der Waals surface area contributed by atoms with Crippen LogP contribution in [0.5, 0.6) is 0 Å². The zero-order chi connectivity index (χ0) is 14.5. The molecule has 3 rings (SSSR count). The number of rotatable bonds is 4. The van der Waals surface area contributed by atoms with E-state index < -0.39 is 0 Å². The number of aromatic nitrogens is 1. The zero-order valence-electron chi connectivity index (χ0n) is 12.2. The van der Waals surface area contributed by atoms with Crippen molar-refractivity contribution in [2.45, 2.75) is 43.9 Å². The Labute approximate surface area is 126 Å². The molecule has 0 saturated heterocycles. The Morgan fingerprint density at radius 2 is 1.71 bits per heavy atom. The number of nitrogens with zero attached hydrogens (tertiary/aromatic N) is 1. The molecule has 1 saturated carbocycles. The van der Waals surface area contributed by atoms with Crippen molar-refractivity contribution < 1.29 is 5.11 Å². The van der Waals surface area contributed by atoms with Crippen molar-refractivity contribution >= 4 is 0 Å². The molecular weight excluding hydrogens is 260 g/mol. The number of aliphatic hydroxyl groups excluding tert-OH is 1. The van der Waals surface area contributed by atoms with Gasteiger partial charge >= 0.3 is 0 Å². The minimum atomic E-state index is -0.162. The quantitative estimate of drug-likeness (QED) is 0.906. The third-order valence-corrected chi connectivity index (χ3v) is 4.22. The number of benzene rings is 1. The maximum absolute atomic E-state index is 9.88. The van der Waals surface area contributed by atoms with Crippen LogP contribution in [0.25, 0.3) is 0 Å². The first-order chi connectivity index (χ1) is 10.3. The summed E-state index contributed by atoms with van der Waals surface area (Å²) in [4.78, 5) is 4.11. The maximum atomic E-state index is 9.88. The molecular formula is C18H22N2O. The highest BCUT2D eigenvalue weighted by atomic mass is 16.3. The van der Waals surface area contributed by atoms with E-state index in [0.29, 0.717) is 6.04 Å². The summed E-state index contributed by atoms with van der Waals surface area (Å²) in [6, 6.07) is 15.1. The molecule has 2 aromatic rings. The summed E-state index contributed by atoms with van der Waals surface area (Å²) in [7, 11) is 0. The van der Waals surface area contributed by atoms with Gasteiger partial charge in [0.2, 0.25) is 0 Å². The molecule has 1 aliphatic carbocycles. The Bertz CT molecular complexity index is 504. The van der Waals surface area contributed by atoms with Gasteiger partial charge in [-0.3, -0.25) is 4.98 Å². The van der Waals surface area contributed by atoms with Crippen molar-refractivity contribution in [1.82, 2.24) is 10.3 Å². The molecule has 0 spiro atoms. The van der Waals surface area contributed by atoms with Crippen molar-refractivity contribution in [2.75, 3.05) is 0 Å². The molecule has 3 unspecified atom stereocenters. The largest absolute Gasteiger partial charge is 0.393 e. The summed E-state index contributed by atoms with van der Waals surface area (Å²) in [5, 5.41) is 13.6. The molecule has 1 heterocycles. The first-order valence-corrected chi connectivity index (χ1v) is 7.72. The maximum Gasteiger partial charge on any atom is 0.0579 e. The zero-order valence-corrected chi connectivity index (χ0v) is 12.2. The van der Waals surface area contributed by atoms with Crippen LogP contribution in [0.15, 0.2) is 54.9 Å². The molecule has 1 aliphatic rings. The Kier molecular flexibility index (Phi) is 4.63. The van der Waals surface area contributed by atoms with Gasteiger partial charge in [-0.05, 0) is 48.9 Å². The van der Waals surface area contributed by atoms with E-state index in [4.69, 9.17) is 0 Å². The van der Waals surface area contributed by atoms with Gasteiger partial charge in [0.15, 0.2) is 0 Å². The average molecular weight is 282 g/mol. The fourth-order valence-corrected chi connectivity index (χ4v) is 3.14. The Hall–Kier alpha value is -1.71. The molecule has 110 valence electrons. The lowest BCUT2D eigenvalue weighted by Gasteiger charge is -2.31. The van der Waals surface area contributed by atoms with Crippen molar-refractivity contribution in [1.29, 1.82) is 0 Å². The van der Waals surface area contributed by atoms with Gasteiger partial charge in [-0.25, -0.2) is 0 Å². The Balaban J connectivity index is 1.83. The summed E-state index contributed by atoms with van der Waals surface area (Å²) in [5.74, 6) is 0. The lowest BCUT2D eigenvalue weighted by Crippen LogP contribution is -2.38. The second-order valence-corrected chi connectivity index (χ2v) is 5.81. The van der Waals surface area contributed by atoms with Gasteiger partial charge < -0.3 is 10.4 Å². The minimum absolute atomic E-state index is 0.157. The highest BCUT2D eigenvalue weighted by Gasteiger charge is 2.24. The number of nitrogens with one attached hydrogen (secondary N) is 1. The molecule has 0 amide bonds. The van der Waals surface area contributed by atoms with Crippen LogP contribution < -0.4 is 5.32 Å². The fourth-order valence-electron chi connectivity index (χ4n) is 3.14. The molecule has 3 heteroatoms. The highest BCUT2D eigenvalue weighted by molar-refractivity contribution is 5.30. The fraction of sp³-hybridized carbons (Fsp3) is 0.389. The number of hydrogen-bond acceptors (Lipinski definition) is 3. The third kappa shape index (κ3) is 3.69. The minimum Gasteiger partial charge on any atom is -0.393 e. The van der Waals surface area contributed by atoms with Gasteiger partial charge in [-0.15, -0.1) is 0 Å². The Morgan fingerprint density at radius 1 is 1.00 bits per heavy atom. The van der Waals surface area contributed by atoms with Crippen molar-refractivity contribution in [3.63, 3.8) is 0 Å². The molecule has 0 radical (unpaired) electrons. The SMILES string of the molecule is OC1CCCC(NC(c2ccccc2)c2ccncc2)C1. The van der Waals surface area contributed by atoms with Crippen molar-refractivity contribution in [3.8, 4) is 0 Å². The van der Waals surface area contributed by atoms with Gasteiger partial charge in [-0.2, -0.15) is 0 Å². The summed E-state index contributed by atoms with van der Waals surface area (Å²) >= 11 is 0. The first kappa shape index (κ1) is 14.2. The van der Waals surface area contributed by atoms with Crippen LogP contribution in [-0.4, -0.2) is 22.2 Å². The van der Waals surface area contributed by atoms with Crippen LogP contribution in [0.3, 0.4) is 0 Å². The van der Waals surface area contributed by atoms with Crippen LogP contribution in [0, 0.1) is 0 Å². The molecule has 1 aromatic heterocycles. The second-order valence-electron chi connectivity index (χ2n) is 5.81. The number of hydrogen-bond donors (Lipinski definition) is 2. The molecule has 0 aliphatic heterocycles. The molecule has 3 atom stereocenters. The van der Waals surface area contributed by atoms with Crippen LogP contribution in [0.1, 0.15) is 42.9 Å². The van der Waals surface area contributed by atoms with E-state index in [1.807, 2.05) is 18.5 Å². The summed E-state index contributed by atoms with van der Waals surface area (Å²) in [6.45, 7) is 0. The van der Waals surface area contributed by atoms with E-state index in [9.17, 15) is 5.11 Å². The number of pyridine rings is 1. The molecule has 1 fully saturated rings. The van der Waals surface area contributed by atoms with Gasteiger partial charge in [0.25, 0.3) is 0 Å².